The fourth-order valence-electron chi connectivity index (χ4n) is 4.34. The summed E-state index contributed by atoms with van der Waals surface area (Å²) in [6.07, 6.45) is 6.19. The molecule has 3 rings (SSSR count). The largest absolute Gasteiger partial charge is 0.368 e. The van der Waals surface area contributed by atoms with E-state index in [2.05, 4.69) is 10.2 Å². The van der Waals surface area contributed by atoms with Gasteiger partial charge in [0.2, 0.25) is 5.91 Å². The molecular weight excluding hydrogens is 332 g/mol. The lowest BCUT2D eigenvalue weighted by molar-refractivity contribution is -0.160. The van der Waals surface area contributed by atoms with Crippen molar-refractivity contribution in [1.29, 1.82) is 0 Å². The number of nitrogens with zero attached hydrogens (tertiary/aromatic N) is 3. The molecule has 3 heterocycles. The van der Waals surface area contributed by atoms with E-state index < -0.39 is 5.60 Å². The van der Waals surface area contributed by atoms with Gasteiger partial charge in [0, 0.05) is 46.4 Å². The zero-order chi connectivity index (χ0) is 18.4. The number of ether oxygens (including phenoxy) is 1. The molecule has 3 fully saturated rings. The Morgan fingerprint density at radius 3 is 2.08 bits per heavy atom. The number of hydrogen-bond acceptors (Lipinski definition) is 5. The first-order valence-electron chi connectivity index (χ1n) is 10.2. The number of hydrogen-bond donors (Lipinski definition) is 1. The second-order valence-electron chi connectivity index (χ2n) is 7.81. The lowest BCUT2D eigenvalue weighted by Gasteiger charge is -2.42. The van der Waals surface area contributed by atoms with Crippen LogP contribution in [0.2, 0.25) is 0 Å². The summed E-state index contributed by atoms with van der Waals surface area (Å²) in [7, 11) is 1.65. The van der Waals surface area contributed by atoms with Crippen LogP contribution in [0.5, 0.6) is 0 Å². The zero-order valence-corrected chi connectivity index (χ0v) is 16.2. The highest BCUT2D eigenvalue weighted by Gasteiger charge is 2.43. The van der Waals surface area contributed by atoms with Crippen molar-refractivity contribution in [1.82, 2.24) is 20.0 Å². The van der Waals surface area contributed by atoms with Gasteiger partial charge in [-0.25, -0.2) is 0 Å². The van der Waals surface area contributed by atoms with Crippen LogP contribution in [-0.4, -0.2) is 98.1 Å². The topological polar surface area (TPSA) is 65.1 Å². The molecule has 0 radical (unpaired) electrons. The van der Waals surface area contributed by atoms with Crippen LogP contribution in [0.1, 0.15) is 38.5 Å². The minimum atomic E-state index is -0.657. The number of nitrogens with one attached hydrogen (secondary N) is 1. The second-order valence-corrected chi connectivity index (χ2v) is 7.81. The van der Waals surface area contributed by atoms with Crippen molar-refractivity contribution in [3.63, 3.8) is 0 Å². The van der Waals surface area contributed by atoms with Gasteiger partial charge in [0.1, 0.15) is 5.60 Å². The number of carbonyl (C=O) groups excluding carboxylic acids is 2. The van der Waals surface area contributed by atoms with Crippen LogP contribution < -0.4 is 5.32 Å². The van der Waals surface area contributed by atoms with Crippen LogP contribution >= 0.6 is 0 Å². The van der Waals surface area contributed by atoms with Crippen LogP contribution in [0, 0.1) is 0 Å². The minimum Gasteiger partial charge on any atom is -0.368 e. The second kappa shape index (κ2) is 9.15. The molecule has 7 nitrogen and oxygen atoms in total. The normalized spacial score (nSPS) is 25.0. The lowest BCUT2D eigenvalue weighted by Crippen LogP contribution is -2.59. The van der Waals surface area contributed by atoms with Crippen molar-refractivity contribution < 1.29 is 14.3 Å². The Bertz CT molecular complexity index is 477. The first-order chi connectivity index (χ1) is 12.6. The van der Waals surface area contributed by atoms with Gasteiger partial charge in [-0.15, -0.1) is 0 Å². The summed E-state index contributed by atoms with van der Waals surface area (Å²) in [5, 5.41) is 3.29. The van der Waals surface area contributed by atoms with E-state index in [1.165, 1.54) is 12.8 Å². The van der Waals surface area contributed by atoms with Gasteiger partial charge in [-0.2, -0.15) is 0 Å². The van der Waals surface area contributed by atoms with Crippen LogP contribution in [-0.2, 0) is 14.3 Å². The average Bonchev–Trinajstić information content (AvgIpc) is 2.98. The van der Waals surface area contributed by atoms with Gasteiger partial charge in [0.25, 0.3) is 5.91 Å². The van der Waals surface area contributed by atoms with Gasteiger partial charge < -0.3 is 19.9 Å². The maximum atomic E-state index is 13.0. The van der Waals surface area contributed by atoms with E-state index in [-0.39, 0.29) is 11.8 Å². The molecule has 0 aromatic rings. The molecule has 0 atom stereocenters. The van der Waals surface area contributed by atoms with Gasteiger partial charge in [-0.3, -0.25) is 14.5 Å². The molecule has 0 unspecified atom stereocenters. The van der Waals surface area contributed by atoms with Crippen molar-refractivity contribution in [2.24, 2.45) is 0 Å². The fourth-order valence-corrected chi connectivity index (χ4v) is 4.34. The summed E-state index contributed by atoms with van der Waals surface area (Å²) in [6, 6.07) is 0. The first-order valence-corrected chi connectivity index (χ1v) is 10.2. The Balaban J connectivity index is 1.47. The number of carbonyl (C=O) groups is 2. The van der Waals surface area contributed by atoms with Gasteiger partial charge in [-0.05, 0) is 38.8 Å². The summed E-state index contributed by atoms with van der Waals surface area (Å²) in [6.45, 7) is 6.85. The fraction of sp³-hybridized carbons (Fsp3) is 0.895. The van der Waals surface area contributed by atoms with Crippen molar-refractivity contribution in [2.45, 2.75) is 44.1 Å². The van der Waals surface area contributed by atoms with Crippen LogP contribution in [0.15, 0.2) is 0 Å². The van der Waals surface area contributed by atoms with Crippen molar-refractivity contribution in [3.05, 3.63) is 0 Å². The van der Waals surface area contributed by atoms with Crippen molar-refractivity contribution in [3.8, 4) is 0 Å². The Kier molecular flexibility index (Phi) is 6.89. The summed E-state index contributed by atoms with van der Waals surface area (Å²) >= 11 is 0. The van der Waals surface area contributed by atoms with E-state index in [4.69, 9.17) is 4.74 Å². The Morgan fingerprint density at radius 2 is 1.50 bits per heavy atom. The molecule has 0 spiro atoms. The summed E-state index contributed by atoms with van der Waals surface area (Å²) in [5.41, 5.74) is -0.657. The predicted octanol–water partition coefficient (Wildman–Crippen LogP) is 0.302. The third kappa shape index (κ3) is 4.56. The Hall–Kier alpha value is -1.18. The zero-order valence-electron chi connectivity index (χ0n) is 16.2. The quantitative estimate of drug-likeness (QED) is 0.775. The Labute approximate surface area is 157 Å². The van der Waals surface area contributed by atoms with E-state index in [0.717, 1.165) is 65.0 Å². The number of methoxy groups -OCH3 is 1. The lowest BCUT2D eigenvalue weighted by atomic mass is 9.90. The van der Waals surface area contributed by atoms with Gasteiger partial charge in [0.15, 0.2) is 0 Å². The molecule has 3 aliphatic heterocycles. The molecule has 0 aromatic carbocycles. The monoisotopic (exact) mass is 366 g/mol. The standard InChI is InChI=1S/C19H34N4O3/c1-26-19(6-8-20-9-7-19)18(25)23-14-12-21(13-15-23)16-17(24)22-10-4-2-3-5-11-22/h20H,2-16H2,1H3. The summed E-state index contributed by atoms with van der Waals surface area (Å²) in [4.78, 5) is 31.7. The van der Waals surface area contributed by atoms with E-state index in [9.17, 15) is 9.59 Å². The van der Waals surface area contributed by atoms with E-state index in [1.54, 1.807) is 7.11 Å². The third-order valence-electron chi connectivity index (χ3n) is 6.17. The van der Waals surface area contributed by atoms with E-state index in [0.29, 0.717) is 19.6 Å². The maximum absolute atomic E-state index is 13.0. The number of piperidine rings is 1. The summed E-state index contributed by atoms with van der Waals surface area (Å²) in [5.74, 6) is 0.374. The minimum absolute atomic E-state index is 0.125. The highest BCUT2D eigenvalue weighted by Crippen LogP contribution is 2.25. The molecule has 3 aliphatic rings. The molecule has 0 bridgehead atoms. The molecule has 3 saturated heterocycles. The van der Waals surface area contributed by atoms with E-state index in [1.807, 2.05) is 9.80 Å². The average molecular weight is 367 g/mol. The van der Waals surface area contributed by atoms with Gasteiger partial charge in [0.05, 0.1) is 6.54 Å². The molecule has 7 heteroatoms. The Morgan fingerprint density at radius 1 is 0.885 bits per heavy atom. The molecule has 1 N–H and O–H groups in total. The highest BCUT2D eigenvalue weighted by atomic mass is 16.5. The molecule has 0 aliphatic carbocycles. The third-order valence-corrected chi connectivity index (χ3v) is 6.17. The molecule has 0 saturated carbocycles. The number of rotatable bonds is 4. The van der Waals surface area contributed by atoms with E-state index >= 15 is 0 Å². The number of piperazine rings is 1. The van der Waals surface area contributed by atoms with Gasteiger partial charge >= 0.3 is 0 Å². The number of amides is 2. The van der Waals surface area contributed by atoms with Crippen LogP contribution in [0.3, 0.4) is 0 Å². The molecule has 26 heavy (non-hydrogen) atoms. The first kappa shape index (κ1) is 19.6. The predicted molar refractivity (Wildman–Crippen MR) is 99.9 cm³/mol. The highest BCUT2D eigenvalue weighted by molar-refractivity contribution is 5.85. The summed E-state index contributed by atoms with van der Waals surface area (Å²) < 4.78 is 5.67. The molecule has 2 amide bonds. The smallest absolute Gasteiger partial charge is 0.254 e. The van der Waals surface area contributed by atoms with Crippen molar-refractivity contribution in [2.75, 3.05) is 66.0 Å². The molecule has 0 aromatic heterocycles. The molecule has 148 valence electrons. The SMILES string of the molecule is COC1(C(=O)N2CCN(CC(=O)N3CCCCCC3)CC2)CCNCC1. The van der Waals surface area contributed by atoms with Crippen LogP contribution in [0.25, 0.3) is 0 Å². The van der Waals surface area contributed by atoms with Gasteiger partial charge in [-0.1, -0.05) is 12.8 Å². The maximum Gasteiger partial charge on any atom is 0.254 e. The number of likely N-dealkylation sites (tertiary alicyclic amines) is 1. The van der Waals surface area contributed by atoms with Crippen molar-refractivity contribution >= 4 is 11.8 Å². The molecular formula is C19H34N4O3. The van der Waals surface area contributed by atoms with Crippen LogP contribution in [0.4, 0.5) is 0 Å².